The molecule has 4 heterocycles. The molecule has 44 heavy (non-hydrogen) atoms. The van der Waals surface area contributed by atoms with Crippen LogP contribution in [-0.2, 0) is 27.5 Å². The molecular formula is C31H46N6O7. The number of hydrogen-bond donors (Lipinski definition) is 5. The van der Waals surface area contributed by atoms with Crippen LogP contribution in [-0.4, -0.2) is 94.0 Å². The molecule has 0 saturated carbocycles. The molecule has 0 aliphatic carbocycles. The van der Waals surface area contributed by atoms with Crippen LogP contribution in [0.1, 0.15) is 83.8 Å². The molecule has 0 bridgehead atoms. The maximum atomic E-state index is 10.3. The number of piperidine rings is 2. The van der Waals surface area contributed by atoms with E-state index in [2.05, 4.69) is 59.9 Å². The van der Waals surface area contributed by atoms with Gasteiger partial charge >= 0.3 is 17.9 Å². The van der Waals surface area contributed by atoms with Gasteiger partial charge in [0.05, 0.1) is 12.8 Å². The van der Waals surface area contributed by atoms with E-state index in [-0.39, 0.29) is 11.1 Å². The lowest BCUT2D eigenvalue weighted by Crippen LogP contribution is -2.62. The van der Waals surface area contributed by atoms with Crippen LogP contribution in [0.15, 0.2) is 36.9 Å². The standard InChI is InChI=1S/C25H38N6.C6H8O7/c1-24(2)14-22(15-25(3,4)29-24)31(18-20-8-10-26-11-9-20)19-21-16-27-23(28-17-21)30-12-6-5-7-13-30;7-3(8)1-6(13,5(11)12)2-4(9)10/h8-11,16-17,22,29H,5-7,12-15,18-19H2,1-4H3;13H,1-2H2,(H,7,8)(H,9,10)(H,11,12). The monoisotopic (exact) mass is 614 g/mol. The number of aliphatic carboxylic acids is 3. The lowest BCUT2D eigenvalue weighted by Gasteiger charge is -2.49. The van der Waals surface area contributed by atoms with Crippen LogP contribution in [0, 0.1) is 0 Å². The fourth-order valence-electron chi connectivity index (χ4n) is 6.20. The maximum Gasteiger partial charge on any atom is 0.336 e. The second-order valence-electron chi connectivity index (χ2n) is 13.1. The molecular weight excluding hydrogens is 568 g/mol. The lowest BCUT2D eigenvalue weighted by atomic mass is 9.79. The van der Waals surface area contributed by atoms with Crippen molar-refractivity contribution in [2.24, 2.45) is 0 Å². The average molecular weight is 615 g/mol. The number of carboxylic acids is 3. The van der Waals surface area contributed by atoms with Gasteiger partial charge in [-0.25, -0.2) is 14.8 Å². The van der Waals surface area contributed by atoms with Gasteiger partial charge < -0.3 is 30.6 Å². The summed E-state index contributed by atoms with van der Waals surface area (Å²) >= 11 is 0. The van der Waals surface area contributed by atoms with Gasteiger partial charge in [-0.1, -0.05) is 0 Å². The minimum Gasteiger partial charge on any atom is -0.481 e. The van der Waals surface area contributed by atoms with E-state index < -0.39 is 36.4 Å². The summed E-state index contributed by atoms with van der Waals surface area (Å²) in [5.74, 6) is -4.14. The smallest absolute Gasteiger partial charge is 0.336 e. The summed E-state index contributed by atoms with van der Waals surface area (Å²) in [6.07, 6.45) is 11.6. The maximum absolute atomic E-state index is 10.3. The molecule has 2 aromatic heterocycles. The van der Waals surface area contributed by atoms with Gasteiger partial charge in [0, 0.05) is 73.6 Å². The lowest BCUT2D eigenvalue weighted by molar-refractivity contribution is -0.170. The Bertz CT molecular complexity index is 1220. The van der Waals surface area contributed by atoms with Crippen LogP contribution in [0.5, 0.6) is 0 Å². The molecule has 2 saturated heterocycles. The van der Waals surface area contributed by atoms with Crippen molar-refractivity contribution in [1.82, 2.24) is 25.2 Å². The molecule has 0 aromatic carbocycles. The summed E-state index contributed by atoms with van der Waals surface area (Å²) in [5, 5.41) is 37.6. The SMILES string of the molecule is CC1(C)CC(N(Cc2ccncc2)Cc2cnc(N3CCCCC3)nc2)CC(C)(C)N1.O=C(O)CC(O)(CC(=O)O)C(=O)O. The molecule has 0 atom stereocenters. The van der Waals surface area contributed by atoms with Crippen molar-refractivity contribution in [3.05, 3.63) is 48.0 Å². The predicted octanol–water partition coefficient (Wildman–Crippen LogP) is 2.92. The highest BCUT2D eigenvalue weighted by Crippen LogP contribution is 2.33. The predicted molar refractivity (Wildman–Crippen MR) is 163 cm³/mol. The van der Waals surface area contributed by atoms with Gasteiger partial charge in [0.2, 0.25) is 5.95 Å². The van der Waals surface area contributed by atoms with E-state index in [0.29, 0.717) is 6.04 Å². The number of hydrogen-bond acceptors (Lipinski definition) is 10. The molecule has 5 N–H and O–H groups in total. The Morgan fingerprint density at radius 3 is 1.86 bits per heavy atom. The summed E-state index contributed by atoms with van der Waals surface area (Å²) in [4.78, 5) is 49.1. The molecule has 4 rings (SSSR count). The molecule has 2 fully saturated rings. The van der Waals surface area contributed by atoms with Crippen molar-refractivity contribution in [3.8, 4) is 0 Å². The highest BCUT2D eigenvalue weighted by atomic mass is 16.4. The quantitative estimate of drug-likeness (QED) is 0.249. The van der Waals surface area contributed by atoms with Crippen molar-refractivity contribution < 1.29 is 34.8 Å². The first-order valence-corrected chi connectivity index (χ1v) is 14.9. The van der Waals surface area contributed by atoms with Gasteiger partial charge in [-0.3, -0.25) is 19.5 Å². The first-order chi connectivity index (χ1) is 20.6. The van der Waals surface area contributed by atoms with Crippen molar-refractivity contribution >= 4 is 23.9 Å². The van der Waals surface area contributed by atoms with E-state index in [0.717, 1.165) is 45.0 Å². The number of carboxylic acid groups (broad SMARTS) is 3. The zero-order chi connectivity index (χ0) is 32.5. The molecule has 2 aliphatic rings. The Balaban J connectivity index is 0.000000345. The first kappa shape index (κ1) is 34.8. The van der Waals surface area contributed by atoms with E-state index in [4.69, 9.17) is 30.4 Å². The Morgan fingerprint density at radius 1 is 0.886 bits per heavy atom. The molecule has 0 spiro atoms. The molecule has 0 unspecified atom stereocenters. The highest BCUT2D eigenvalue weighted by molar-refractivity contribution is 5.88. The van der Waals surface area contributed by atoms with Crippen LogP contribution < -0.4 is 10.2 Å². The fourth-order valence-corrected chi connectivity index (χ4v) is 6.20. The third-order valence-electron chi connectivity index (χ3n) is 7.82. The number of rotatable bonds is 11. The average Bonchev–Trinajstić information content (AvgIpc) is 2.92. The van der Waals surface area contributed by atoms with E-state index in [1.54, 1.807) is 0 Å². The van der Waals surface area contributed by atoms with E-state index in [1.165, 1.54) is 30.4 Å². The number of anilines is 1. The summed E-state index contributed by atoms with van der Waals surface area (Å²) < 4.78 is 0. The van der Waals surface area contributed by atoms with Crippen molar-refractivity contribution in [2.45, 2.75) is 108 Å². The largest absolute Gasteiger partial charge is 0.481 e. The summed E-state index contributed by atoms with van der Waals surface area (Å²) in [5.41, 5.74) is -0.0360. The third-order valence-corrected chi connectivity index (χ3v) is 7.82. The number of pyridine rings is 1. The third kappa shape index (κ3) is 10.8. The normalized spacial score (nSPS) is 18.3. The van der Waals surface area contributed by atoms with Crippen molar-refractivity contribution in [1.29, 1.82) is 0 Å². The molecule has 0 amide bonds. The summed E-state index contributed by atoms with van der Waals surface area (Å²) in [6.45, 7) is 13.2. The number of nitrogens with zero attached hydrogens (tertiary/aromatic N) is 5. The molecule has 13 nitrogen and oxygen atoms in total. The Hall–Kier alpha value is -3.68. The Morgan fingerprint density at radius 2 is 1.39 bits per heavy atom. The van der Waals surface area contributed by atoms with Crippen LogP contribution in [0.25, 0.3) is 0 Å². The minimum absolute atomic E-state index is 0.109. The van der Waals surface area contributed by atoms with Crippen molar-refractivity contribution in [3.63, 3.8) is 0 Å². The second kappa shape index (κ2) is 14.9. The van der Waals surface area contributed by atoms with Gasteiger partial charge in [-0.2, -0.15) is 0 Å². The molecule has 13 heteroatoms. The zero-order valence-electron chi connectivity index (χ0n) is 26.1. The number of nitrogens with one attached hydrogen (secondary N) is 1. The first-order valence-electron chi connectivity index (χ1n) is 14.9. The Labute approximate surface area is 258 Å². The second-order valence-corrected chi connectivity index (χ2v) is 13.1. The van der Waals surface area contributed by atoms with Gasteiger partial charge in [0.25, 0.3) is 0 Å². The van der Waals surface area contributed by atoms with Gasteiger partial charge in [0.15, 0.2) is 5.60 Å². The summed E-state index contributed by atoms with van der Waals surface area (Å²) in [7, 11) is 0. The van der Waals surface area contributed by atoms with Crippen molar-refractivity contribution in [2.75, 3.05) is 18.0 Å². The number of carbonyl (C=O) groups is 3. The zero-order valence-corrected chi connectivity index (χ0v) is 26.1. The van der Waals surface area contributed by atoms with Gasteiger partial charge in [-0.15, -0.1) is 0 Å². The van der Waals surface area contributed by atoms with Gasteiger partial charge in [0.1, 0.15) is 0 Å². The highest BCUT2D eigenvalue weighted by Gasteiger charge is 2.41. The van der Waals surface area contributed by atoms with Crippen LogP contribution in [0.2, 0.25) is 0 Å². The fraction of sp³-hybridized carbons (Fsp3) is 0.613. The van der Waals surface area contributed by atoms with E-state index >= 15 is 0 Å². The molecule has 242 valence electrons. The van der Waals surface area contributed by atoms with Gasteiger partial charge in [-0.05, 0) is 77.5 Å². The molecule has 2 aromatic rings. The number of aromatic nitrogens is 3. The van der Waals surface area contributed by atoms with Crippen LogP contribution in [0.4, 0.5) is 5.95 Å². The van der Waals surface area contributed by atoms with E-state index in [1.807, 2.05) is 24.8 Å². The van der Waals surface area contributed by atoms with Crippen LogP contribution in [0.3, 0.4) is 0 Å². The minimum atomic E-state index is -2.74. The molecule has 2 aliphatic heterocycles. The summed E-state index contributed by atoms with van der Waals surface area (Å²) in [6, 6.07) is 4.74. The molecule has 0 radical (unpaired) electrons. The van der Waals surface area contributed by atoms with E-state index in [9.17, 15) is 14.4 Å². The topological polar surface area (TPSA) is 189 Å². The number of aliphatic hydroxyl groups is 1. The van der Waals surface area contributed by atoms with Crippen LogP contribution >= 0.6 is 0 Å². The Kier molecular flexibility index (Phi) is 11.8.